The highest BCUT2D eigenvalue weighted by Gasteiger charge is 2.30. The van der Waals surface area contributed by atoms with Gasteiger partial charge >= 0.3 is 0 Å². The van der Waals surface area contributed by atoms with E-state index in [1.807, 2.05) is 42.7 Å². The van der Waals surface area contributed by atoms with Crippen molar-refractivity contribution < 1.29 is 14.4 Å². The van der Waals surface area contributed by atoms with E-state index in [4.69, 9.17) is 0 Å². The molecule has 0 unspecified atom stereocenters. The standard InChI is InChI=1S/C21H29N3O3/c1-21(2,3)20(27)24-11-5-10-23(12-13-24)19(26)16-6-8-17-15(14-16)7-9-18(25)22(17)4/h6,8,14H,5,7,9-13H2,1-4H3. The number of aryl methyl sites for hydroxylation is 1. The lowest BCUT2D eigenvalue weighted by Crippen LogP contribution is -2.42. The zero-order valence-corrected chi connectivity index (χ0v) is 16.7. The molecule has 0 saturated carbocycles. The molecule has 0 aliphatic carbocycles. The van der Waals surface area contributed by atoms with Gasteiger partial charge in [-0.25, -0.2) is 0 Å². The molecule has 0 radical (unpaired) electrons. The molecule has 1 saturated heterocycles. The molecular weight excluding hydrogens is 342 g/mol. The third-order valence-corrected chi connectivity index (χ3v) is 5.38. The number of amides is 3. The van der Waals surface area contributed by atoms with Crippen molar-refractivity contribution in [3.05, 3.63) is 29.3 Å². The summed E-state index contributed by atoms with van der Waals surface area (Å²) >= 11 is 0. The smallest absolute Gasteiger partial charge is 0.253 e. The van der Waals surface area contributed by atoms with Gasteiger partial charge in [0.1, 0.15) is 0 Å². The highest BCUT2D eigenvalue weighted by Crippen LogP contribution is 2.28. The lowest BCUT2D eigenvalue weighted by molar-refractivity contribution is -0.139. The zero-order valence-electron chi connectivity index (χ0n) is 16.7. The predicted octanol–water partition coefficient (Wildman–Crippen LogP) is 2.32. The SMILES string of the molecule is CN1C(=O)CCc2cc(C(=O)N3CCCN(C(=O)C(C)(C)C)CC3)ccc21. The van der Waals surface area contributed by atoms with Crippen molar-refractivity contribution in [3.8, 4) is 0 Å². The van der Waals surface area contributed by atoms with Crippen LogP contribution in [0.25, 0.3) is 0 Å². The summed E-state index contributed by atoms with van der Waals surface area (Å²) in [5, 5.41) is 0. The molecule has 0 atom stereocenters. The fourth-order valence-corrected chi connectivity index (χ4v) is 3.77. The maximum atomic E-state index is 13.0. The Balaban J connectivity index is 1.72. The van der Waals surface area contributed by atoms with Crippen LogP contribution >= 0.6 is 0 Å². The van der Waals surface area contributed by atoms with E-state index in [1.165, 1.54) is 0 Å². The van der Waals surface area contributed by atoms with Crippen LogP contribution in [0.5, 0.6) is 0 Å². The highest BCUT2D eigenvalue weighted by atomic mass is 16.2. The number of carbonyl (C=O) groups excluding carboxylic acids is 3. The molecule has 6 nitrogen and oxygen atoms in total. The average Bonchev–Trinajstić information content (AvgIpc) is 2.88. The molecule has 3 rings (SSSR count). The van der Waals surface area contributed by atoms with Gasteiger partial charge in [0, 0.05) is 56.3 Å². The van der Waals surface area contributed by atoms with E-state index in [1.54, 1.807) is 18.0 Å². The fraction of sp³-hybridized carbons (Fsp3) is 0.571. The molecule has 0 bridgehead atoms. The van der Waals surface area contributed by atoms with Crippen LogP contribution in [0.4, 0.5) is 5.69 Å². The van der Waals surface area contributed by atoms with Gasteiger partial charge in [0.2, 0.25) is 11.8 Å². The largest absolute Gasteiger partial charge is 0.340 e. The molecule has 0 aromatic heterocycles. The van der Waals surface area contributed by atoms with Crippen LogP contribution in [0.2, 0.25) is 0 Å². The summed E-state index contributed by atoms with van der Waals surface area (Å²) in [7, 11) is 1.78. The first-order valence-electron chi connectivity index (χ1n) is 9.66. The summed E-state index contributed by atoms with van der Waals surface area (Å²) in [6.45, 7) is 8.26. The number of carbonyl (C=O) groups is 3. The normalized spacial score (nSPS) is 18.2. The molecule has 1 aromatic carbocycles. The number of hydrogen-bond acceptors (Lipinski definition) is 3. The summed E-state index contributed by atoms with van der Waals surface area (Å²) in [6, 6.07) is 5.59. The van der Waals surface area contributed by atoms with Crippen molar-refractivity contribution in [2.24, 2.45) is 5.41 Å². The Morgan fingerprint density at radius 3 is 2.33 bits per heavy atom. The molecule has 1 fully saturated rings. The van der Waals surface area contributed by atoms with Gasteiger partial charge in [0.25, 0.3) is 5.91 Å². The molecule has 146 valence electrons. The molecular formula is C21H29N3O3. The minimum absolute atomic E-state index is 0.00223. The Labute approximate surface area is 161 Å². The van der Waals surface area contributed by atoms with Crippen molar-refractivity contribution in [1.82, 2.24) is 9.80 Å². The molecule has 27 heavy (non-hydrogen) atoms. The molecule has 6 heteroatoms. The van der Waals surface area contributed by atoms with Gasteiger partial charge < -0.3 is 14.7 Å². The first-order valence-corrected chi connectivity index (χ1v) is 9.66. The molecule has 0 spiro atoms. The molecule has 1 aromatic rings. The summed E-state index contributed by atoms with van der Waals surface area (Å²) in [5.74, 6) is 0.249. The first kappa shape index (κ1) is 19.4. The Kier molecular flexibility index (Phi) is 5.27. The Bertz CT molecular complexity index is 766. The lowest BCUT2D eigenvalue weighted by atomic mass is 9.94. The number of hydrogen-bond donors (Lipinski definition) is 0. The molecule has 2 aliphatic heterocycles. The topological polar surface area (TPSA) is 60.9 Å². The summed E-state index contributed by atoms with van der Waals surface area (Å²) in [4.78, 5) is 42.7. The number of anilines is 1. The Hall–Kier alpha value is -2.37. The highest BCUT2D eigenvalue weighted by molar-refractivity contribution is 5.99. The van der Waals surface area contributed by atoms with Crippen LogP contribution in [0.3, 0.4) is 0 Å². The van der Waals surface area contributed by atoms with Gasteiger partial charge in [0.15, 0.2) is 0 Å². The van der Waals surface area contributed by atoms with Gasteiger partial charge in [-0.2, -0.15) is 0 Å². The van der Waals surface area contributed by atoms with Crippen molar-refractivity contribution in [2.45, 2.75) is 40.0 Å². The molecule has 0 N–H and O–H groups in total. The summed E-state index contributed by atoms with van der Waals surface area (Å²) in [6.07, 6.45) is 1.94. The predicted molar refractivity (Wildman–Crippen MR) is 105 cm³/mol. The van der Waals surface area contributed by atoms with E-state index < -0.39 is 5.41 Å². The molecule has 2 heterocycles. The summed E-state index contributed by atoms with van der Waals surface area (Å²) < 4.78 is 0. The minimum Gasteiger partial charge on any atom is -0.340 e. The van der Waals surface area contributed by atoms with Crippen molar-refractivity contribution in [3.63, 3.8) is 0 Å². The van der Waals surface area contributed by atoms with Crippen molar-refractivity contribution in [2.75, 3.05) is 38.1 Å². The Morgan fingerprint density at radius 1 is 0.963 bits per heavy atom. The third-order valence-electron chi connectivity index (χ3n) is 5.38. The Morgan fingerprint density at radius 2 is 1.63 bits per heavy atom. The van der Waals surface area contributed by atoms with Gasteiger partial charge in [-0.1, -0.05) is 20.8 Å². The maximum Gasteiger partial charge on any atom is 0.253 e. The maximum absolute atomic E-state index is 13.0. The van der Waals surface area contributed by atoms with Crippen LogP contribution in [0, 0.1) is 5.41 Å². The number of fused-ring (bicyclic) bond motifs is 1. The quantitative estimate of drug-likeness (QED) is 0.761. The third kappa shape index (κ3) is 3.99. The minimum atomic E-state index is -0.402. The van der Waals surface area contributed by atoms with Crippen molar-refractivity contribution in [1.29, 1.82) is 0 Å². The fourth-order valence-electron chi connectivity index (χ4n) is 3.77. The molecule has 3 amide bonds. The van der Waals surface area contributed by atoms with Crippen LogP contribution in [0.15, 0.2) is 18.2 Å². The zero-order chi connectivity index (χ0) is 19.8. The second-order valence-electron chi connectivity index (χ2n) is 8.48. The first-order chi connectivity index (χ1) is 12.7. The van der Waals surface area contributed by atoms with E-state index in [0.717, 1.165) is 17.7 Å². The van der Waals surface area contributed by atoms with E-state index in [9.17, 15) is 14.4 Å². The van der Waals surface area contributed by atoms with Crippen LogP contribution in [-0.2, 0) is 16.0 Å². The molecule has 2 aliphatic rings. The number of benzene rings is 1. The van der Waals surface area contributed by atoms with Crippen molar-refractivity contribution >= 4 is 23.4 Å². The monoisotopic (exact) mass is 371 g/mol. The van der Waals surface area contributed by atoms with E-state index in [-0.39, 0.29) is 17.7 Å². The van der Waals surface area contributed by atoms with Gasteiger partial charge in [-0.3, -0.25) is 14.4 Å². The second-order valence-corrected chi connectivity index (χ2v) is 8.48. The van der Waals surface area contributed by atoms with Gasteiger partial charge in [-0.15, -0.1) is 0 Å². The van der Waals surface area contributed by atoms with Crippen LogP contribution in [0.1, 0.15) is 49.5 Å². The van der Waals surface area contributed by atoms with Crippen LogP contribution < -0.4 is 4.90 Å². The van der Waals surface area contributed by atoms with E-state index >= 15 is 0 Å². The van der Waals surface area contributed by atoms with E-state index in [0.29, 0.717) is 44.6 Å². The van der Waals surface area contributed by atoms with E-state index in [2.05, 4.69) is 0 Å². The number of rotatable bonds is 1. The average molecular weight is 371 g/mol. The summed E-state index contributed by atoms with van der Waals surface area (Å²) in [5.41, 5.74) is 2.19. The second kappa shape index (κ2) is 7.33. The van der Waals surface area contributed by atoms with Gasteiger partial charge in [0.05, 0.1) is 0 Å². The number of nitrogens with zero attached hydrogens (tertiary/aromatic N) is 3. The van der Waals surface area contributed by atoms with Gasteiger partial charge in [-0.05, 0) is 36.6 Å². The lowest BCUT2D eigenvalue weighted by Gasteiger charge is -2.28. The van der Waals surface area contributed by atoms with Crippen LogP contribution in [-0.4, -0.2) is 60.7 Å².